The molecule has 0 saturated carbocycles. The van der Waals surface area contributed by atoms with Crippen molar-refractivity contribution in [2.45, 2.75) is 39.4 Å². The van der Waals surface area contributed by atoms with Gasteiger partial charge in [0.2, 0.25) is 0 Å². The van der Waals surface area contributed by atoms with Crippen LogP contribution in [0.2, 0.25) is 0 Å². The molecule has 1 rings (SSSR count). The van der Waals surface area contributed by atoms with Crippen molar-refractivity contribution in [2.75, 3.05) is 13.1 Å². The van der Waals surface area contributed by atoms with Crippen LogP contribution in [0.3, 0.4) is 0 Å². The molecule has 0 amide bonds. The molecule has 0 spiro atoms. The van der Waals surface area contributed by atoms with Crippen LogP contribution in [0.5, 0.6) is 0 Å². The fraction of sp³-hybridized carbons (Fsp3) is 0.571. The minimum absolute atomic E-state index is 0.346. The minimum atomic E-state index is 0.346. The smallest absolute Gasteiger partial charge is 0.0720 e. The van der Waals surface area contributed by atoms with E-state index in [-0.39, 0.29) is 0 Å². The summed E-state index contributed by atoms with van der Waals surface area (Å²) < 4.78 is 5.78. The molecule has 0 heterocycles. The largest absolute Gasteiger partial charge is 0.374 e. The summed E-state index contributed by atoms with van der Waals surface area (Å²) in [5.41, 5.74) is 1.25. The molecule has 90 valence electrons. The summed E-state index contributed by atoms with van der Waals surface area (Å²) in [6, 6.07) is 10.3. The molecule has 1 unspecified atom stereocenters. The molecule has 0 aliphatic heterocycles. The van der Waals surface area contributed by atoms with Crippen LogP contribution >= 0.6 is 0 Å². The molecular formula is C14H23NO. The van der Waals surface area contributed by atoms with Crippen molar-refractivity contribution in [3.63, 3.8) is 0 Å². The third kappa shape index (κ3) is 5.89. The second-order valence-corrected chi connectivity index (χ2v) is 4.10. The molecule has 0 aliphatic carbocycles. The monoisotopic (exact) mass is 221 g/mol. The van der Waals surface area contributed by atoms with Gasteiger partial charge in [0.25, 0.3) is 0 Å². The van der Waals surface area contributed by atoms with Crippen molar-refractivity contribution in [3.05, 3.63) is 35.9 Å². The van der Waals surface area contributed by atoms with Gasteiger partial charge in [-0.15, -0.1) is 0 Å². The van der Waals surface area contributed by atoms with Gasteiger partial charge in [-0.3, -0.25) is 0 Å². The third-order valence-corrected chi connectivity index (χ3v) is 2.59. The number of nitrogens with one attached hydrogen (secondary N) is 1. The highest BCUT2D eigenvalue weighted by molar-refractivity contribution is 5.13. The zero-order chi connectivity index (χ0) is 11.6. The first kappa shape index (κ1) is 13.2. The van der Waals surface area contributed by atoms with E-state index in [1.807, 2.05) is 6.07 Å². The molecule has 1 aromatic carbocycles. The molecule has 1 atom stereocenters. The maximum Gasteiger partial charge on any atom is 0.0720 e. The van der Waals surface area contributed by atoms with Crippen molar-refractivity contribution < 1.29 is 4.74 Å². The Labute approximate surface area is 99.0 Å². The summed E-state index contributed by atoms with van der Waals surface area (Å²) in [6.45, 7) is 7.15. The summed E-state index contributed by atoms with van der Waals surface area (Å²) in [5, 5.41) is 3.32. The summed E-state index contributed by atoms with van der Waals surface area (Å²) in [4.78, 5) is 0. The summed E-state index contributed by atoms with van der Waals surface area (Å²) in [6.07, 6.45) is 2.66. The molecule has 0 saturated heterocycles. The molecule has 16 heavy (non-hydrogen) atoms. The van der Waals surface area contributed by atoms with E-state index in [9.17, 15) is 0 Å². The molecule has 1 N–H and O–H groups in total. The van der Waals surface area contributed by atoms with Crippen LogP contribution in [-0.2, 0) is 11.3 Å². The first-order chi connectivity index (χ1) is 7.83. The molecule has 0 bridgehead atoms. The number of hydrogen-bond acceptors (Lipinski definition) is 2. The predicted octanol–water partition coefficient (Wildman–Crippen LogP) is 2.98. The van der Waals surface area contributed by atoms with Crippen molar-refractivity contribution in [2.24, 2.45) is 0 Å². The third-order valence-electron chi connectivity index (χ3n) is 2.59. The van der Waals surface area contributed by atoms with E-state index < -0.39 is 0 Å². The average molecular weight is 221 g/mol. The van der Waals surface area contributed by atoms with Crippen molar-refractivity contribution in [1.82, 2.24) is 5.32 Å². The second kappa shape index (κ2) is 8.31. The van der Waals surface area contributed by atoms with E-state index in [0.29, 0.717) is 6.10 Å². The van der Waals surface area contributed by atoms with Crippen LogP contribution in [0.15, 0.2) is 30.3 Å². The lowest BCUT2D eigenvalue weighted by atomic mass is 10.2. The van der Waals surface area contributed by atoms with E-state index in [1.54, 1.807) is 0 Å². The Morgan fingerprint density at radius 2 is 2.00 bits per heavy atom. The standard InChI is InChI=1S/C14H23NO/c1-3-15-11-7-8-13(2)16-12-14-9-5-4-6-10-14/h4-6,9-10,13,15H,3,7-8,11-12H2,1-2H3. The zero-order valence-corrected chi connectivity index (χ0v) is 10.4. The highest BCUT2D eigenvalue weighted by atomic mass is 16.5. The summed E-state index contributed by atoms with van der Waals surface area (Å²) in [5.74, 6) is 0. The van der Waals surface area contributed by atoms with Crippen molar-refractivity contribution in [3.8, 4) is 0 Å². The van der Waals surface area contributed by atoms with E-state index in [1.165, 1.54) is 12.0 Å². The van der Waals surface area contributed by atoms with Gasteiger partial charge in [0.1, 0.15) is 0 Å². The lowest BCUT2D eigenvalue weighted by molar-refractivity contribution is 0.0464. The van der Waals surface area contributed by atoms with E-state index in [4.69, 9.17) is 4.74 Å². The van der Waals surface area contributed by atoms with Gasteiger partial charge in [0.05, 0.1) is 12.7 Å². The normalized spacial score (nSPS) is 12.6. The number of hydrogen-bond donors (Lipinski definition) is 1. The van der Waals surface area contributed by atoms with Gasteiger partial charge in [-0.1, -0.05) is 37.3 Å². The van der Waals surface area contributed by atoms with Crippen molar-refractivity contribution in [1.29, 1.82) is 0 Å². The van der Waals surface area contributed by atoms with Gasteiger partial charge in [-0.25, -0.2) is 0 Å². The fourth-order valence-electron chi connectivity index (χ4n) is 1.59. The van der Waals surface area contributed by atoms with Gasteiger partial charge in [-0.05, 0) is 38.4 Å². The number of ether oxygens (including phenoxy) is 1. The van der Waals surface area contributed by atoms with Crippen molar-refractivity contribution >= 4 is 0 Å². The number of benzene rings is 1. The highest BCUT2D eigenvalue weighted by Crippen LogP contribution is 2.06. The molecule has 1 aromatic rings. The Bertz CT molecular complexity index is 261. The maximum atomic E-state index is 5.78. The minimum Gasteiger partial charge on any atom is -0.374 e. The van der Waals surface area contributed by atoms with Crippen LogP contribution < -0.4 is 5.32 Å². The average Bonchev–Trinajstić information content (AvgIpc) is 2.33. The topological polar surface area (TPSA) is 21.3 Å². The van der Waals surface area contributed by atoms with Crippen LogP contribution in [0.4, 0.5) is 0 Å². The first-order valence-electron chi connectivity index (χ1n) is 6.19. The van der Waals surface area contributed by atoms with Crippen LogP contribution in [0.1, 0.15) is 32.3 Å². The molecule has 0 fully saturated rings. The van der Waals surface area contributed by atoms with Gasteiger partial charge in [0, 0.05) is 0 Å². The summed E-state index contributed by atoms with van der Waals surface area (Å²) in [7, 11) is 0. The lowest BCUT2D eigenvalue weighted by Gasteiger charge is -2.13. The first-order valence-corrected chi connectivity index (χ1v) is 6.19. The van der Waals surface area contributed by atoms with E-state index in [0.717, 1.165) is 26.1 Å². The van der Waals surface area contributed by atoms with Gasteiger partial charge >= 0.3 is 0 Å². The van der Waals surface area contributed by atoms with E-state index in [2.05, 4.69) is 43.4 Å². The Balaban J connectivity index is 2.08. The van der Waals surface area contributed by atoms with Gasteiger partial charge in [0.15, 0.2) is 0 Å². The lowest BCUT2D eigenvalue weighted by Crippen LogP contribution is -2.16. The fourth-order valence-corrected chi connectivity index (χ4v) is 1.59. The van der Waals surface area contributed by atoms with Crippen LogP contribution in [-0.4, -0.2) is 19.2 Å². The maximum absolute atomic E-state index is 5.78. The molecular weight excluding hydrogens is 198 g/mol. The molecule has 2 nitrogen and oxygen atoms in total. The quantitative estimate of drug-likeness (QED) is 0.681. The van der Waals surface area contributed by atoms with Crippen LogP contribution in [0, 0.1) is 0 Å². The highest BCUT2D eigenvalue weighted by Gasteiger charge is 2.01. The number of rotatable bonds is 8. The Hall–Kier alpha value is -0.860. The summed E-state index contributed by atoms with van der Waals surface area (Å²) >= 11 is 0. The molecule has 0 radical (unpaired) electrons. The molecule has 2 heteroatoms. The predicted molar refractivity (Wildman–Crippen MR) is 68.5 cm³/mol. The van der Waals surface area contributed by atoms with Crippen LogP contribution in [0.25, 0.3) is 0 Å². The molecule has 0 aliphatic rings. The Morgan fingerprint density at radius 1 is 1.25 bits per heavy atom. The molecule has 0 aromatic heterocycles. The Morgan fingerprint density at radius 3 is 2.69 bits per heavy atom. The van der Waals surface area contributed by atoms with E-state index >= 15 is 0 Å². The zero-order valence-electron chi connectivity index (χ0n) is 10.4. The Kier molecular flexibility index (Phi) is 6.86. The SMILES string of the molecule is CCNCCCC(C)OCc1ccccc1. The van der Waals surface area contributed by atoms with Gasteiger partial charge in [-0.2, -0.15) is 0 Å². The van der Waals surface area contributed by atoms with Gasteiger partial charge < -0.3 is 10.1 Å². The second-order valence-electron chi connectivity index (χ2n) is 4.10.